The molecule has 0 saturated heterocycles. The van der Waals surface area contributed by atoms with Crippen LogP contribution in [0.25, 0.3) is 0 Å². The molecule has 0 aliphatic carbocycles. The highest BCUT2D eigenvalue weighted by atomic mass is 32.2. The first-order valence-electron chi connectivity index (χ1n) is 6.12. The van der Waals surface area contributed by atoms with Crippen LogP contribution in [0.3, 0.4) is 0 Å². The standard InChI is InChI=1S/C12H15N3O6S/c1-3-21-12(17)7-11(16)14-22(2,20)10-6-8(15(18)19)4-5-9(10)13/h4-6H,3,7,13H2,1-2H3. The van der Waals surface area contributed by atoms with E-state index in [4.69, 9.17) is 5.73 Å². The van der Waals surface area contributed by atoms with Gasteiger partial charge in [0.05, 0.1) is 26.2 Å². The number of carbonyl (C=O) groups is 2. The molecule has 9 nitrogen and oxygen atoms in total. The third kappa shape index (κ3) is 4.52. The highest BCUT2D eigenvalue weighted by Crippen LogP contribution is 2.25. The van der Waals surface area contributed by atoms with Crippen molar-refractivity contribution in [1.82, 2.24) is 0 Å². The van der Waals surface area contributed by atoms with Gasteiger partial charge in [0, 0.05) is 24.1 Å². The molecule has 1 rings (SSSR count). The van der Waals surface area contributed by atoms with Gasteiger partial charge in [0.2, 0.25) is 0 Å². The highest BCUT2D eigenvalue weighted by molar-refractivity contribution is 7.93. The number of esters is 1. The van der Waals surface area contributed by atoms with Crippen LogP contribution in [0.1, 0.15) is 13.3 Å². The van der Waals surface area contributed by atoms with Crippen LogP contribution < -0.4 is 5.73 Å². The van der Waals surface area contributed by atoms with E-state index in [1.54, 1.807) is 6.92 Å². The van der Waals surface area contributed by atoms with Crippen molar-refractivity contribution in [2.24, 2.45) is 4.36 Å². The van der Waals surface area contributed by atoms with Crippen molar-refractivity contribution < 1.29 is 23.5 Å². The Hall–Kier alpha value is -2.49. The van der Waals surface area contributed by atoms with Gasteiger partial charge >= 0.3 is 5.97 Å². The molecule has 0 aliphatic rings. The molecular formula is C12H15N3O6S. The summed E-state index contributed by atoms with van der Waals surface area (Å²) in [5, 5.41) is 10.7. The summed E-state index contributed by atoms with van der Waals surface area (Å²) in [6.07, 6.45) is 0.457. The Morgan fingerprint density at radius 2 is 2.09 bits per heavy atom. The molecule has 0 fully saturated rings. The second kappa shape index (κ2) is 6.98. The van der Waals surface area contributed by atoms with E-state index in [9.17, 15) is 23.9 Å². The van der Waals surface area contributed by atoms with Crippen LogP contribution in [0, 0.1) is 10.1 Å². The quantitative estimate of drug-likeness (QED) is 0.280. The summed E-state index contributed by atoms with van der Waals surface area (Å²) in [5.74, 6) is -1.74. The molecule has 1 unspecified atom stereocenters. The molecule has 1 atom stereocenters. The largest absolute Gasteiger partial charge is 0.466 e. The van der Waals surface area contributed by atoms with Crippen LogP contribution in [0.5, 0.6) is 0 Å². The number of nitro benzene ring substituents is 1. The van der Waals surface area contributed by atoms with Crippen LogP contribution in [0.15, 0.2) is 27.5 Å². The minimum Gasteiger partial charge on any atom is -0.466 e. The number of benzene rings is 1. The van der Waals surface area contributed by atoms with E-state index in [2.05, 4.69) is 9.10 Å². The van der Waals surface area contributed by atoms with E-state index < -0.39 is 32.9 Å². The summed E-state index contributed by atoms with van der Waals surface area (Å²) < 4.78 is 20.5. The maximum absolute atomic E-state index is 12.5. The zero-order valence-corrected chi connectivity index (χ0v) is 12.8. The lowest BCUT2D eigenvalue weighted by Gasteiger charge is -2.07. The molecular weight excluding hydrogens is 314 g/mol. The highest BCUT2D eigenvalue weighted by Gasteiger charge is 2.18. The van der Waals surface area contributed by atoms with Gasteiger partial charge in [-0.15, -0.1) is 0 Å². The summed E-state index contributed by atoms with van der Waals surface area (Å²) >= 11 is 0. The van der Waals surface area contributed by atoms with Crippen molar-refractivity contribution in [2.75, 3.05) is 18.6 Å². The van der Waals surface area contributed by atoms with Crippen molar-refractivity contribution >= 4 is 33.0 Å². The van der Waals surface area contributed by atoms with E-state index >= 15 is 0 Å². The number of non-ortho nitro benzene ring substituents is 1. The smallest absolute Gasteiger partial charge is 0.315 e. The summed E-state index contributed by atoms with van der Waals surface area (Å²) in [6.45, 7) is 1.68. The Bertz CT molecular complexity index is 736. The van der Waals surface area contributed by atoms with Crippen LogP contribution in [0.2, 0.25) is 0 Å². The van der Waals surface area contributed by atoms with Crippen LogP contribution in [0.4, 0.5) is 11.4 Å². The predicted octanol–water partition coefficient (Wildman–Crippen LogP) is 1.11. The minimum atomic E-state index is -3.32. The number of hydrogen-bond acceptors (Lipinski definition) is 7. The number of nitrogens with zero attached hydrogens (tertiary/aromatic N) is 2. The number of ether oxygens (including phenoxy) is 1. The lowest BCUT2D eigenvalue weighted by atomic mass is 10.3. The number of nitrogen functional groups attached to an aromatic ring is 1. The maximum atomic E-state index is 12.5. The summed E-state index contributed by atoms with van der Waals surface area (Å²) in [4.78, 5) is 32.7. The number of nitrogens with two attached hydrogens (primary N) is 1. The topological polar surface area (TPSA) is 142 Å². The fourth-order valence-corrected chi connectivity index (χ4v) is 2.97. The monoisotopic (exact) mass is 329 g/mol. The molecule has 0 aliphatic heterocycles. The molecule has 0 radical (unpaired) electrons. The first kappa shape index (κ1) is 17.6. The molecule has 10 heteroatoms. The predicted molar refractivity (Wildman–Crippen MR) is 78.5 cm³/mol. The van der Waals surface area contributed by atoms with E-state index in [1.807, 2.05) is 0 Å². The van der Waals surface area contributed by atoms with E-state index in [0.717, 1.165) is 18.4 Å². The summed E-state index contributed by atoms with van der Waals surface area (Å²) in [5.41, 5.74) is 5.31. The number of anilines is 1. The Morgan fingerprint density at radius 3 is 2.64 bits per heavy atom. The summed E-state index contributed by atoms with van der Waals surface area (Å²) in [6, 6.07) is 3.36. The molecule has 1 aromatic rings. The van der Waals surface area contributed by atoms with Gasteiger partial charge in [-0.1, -0.05) is 0 Å². The number of rotatable bonds is 5. The van der Waals surface area contributed by atoms with Crippen LogP contribution in [-0.2, 0) is 24.1 Å². The Balaban J connectivity index is 3.18. The van der Waals surface area contributed by atoms with Gasteiger partial charge in [-0.2, -0.15) is 4.36 Å². The zero-order chi connectivity index (χ0) is 16.9. The third-order valence-corrected chi connectivity index (χ3v) is 4.21. The Kier molecular flexibility index (Phi) is 5.57. The van der Waals surface area contributed by atoms with Crippen LogP contribution >= 0.6 is 0 Å². The molecule has 1 aromatic carbocycles. The fourth-order valence-electron chi connectivity index (χ4n) is 1.58. The lowest BCUT2D eigenvalue weighted by molar-refractivity contribution is -0.385. The molecule has 0 bridgehead atoms. The molecule has 0 heterocycles. The van der Waals surface area contributed by atoms with Crippen molar-refractivity contribution in [3.63, 3.8) is 0 Å². The molecule has 0 aromatic heterocycles. The van der Waals surface area contributed by atoms with Gasteiger partial charge in [-0.05, 0) is 13.0 Å². The molecule has 22 heavy (non-hydrogen) atoms. The number of hydrogen-bond donors (Lipinski definition) is 1. The average molecular weight is 329 g/mol. The van der Waals surface area contributed by atoms with Gasteiger partial charge in [0.15, 0.2) is 0 Å². The zero-order valence-electron chi connectivity index (χ0n) is 12.0. The van der Waals surface area contributed by atoms with Crippen LogP contribution in [-0.4, -0.2) is 33.9 Å². The molecule has 0 spiro atoms. The second-order valence-corrected chi connectivity index (χ2v) is 6.48. The van der Waals surface area contributed by atoms with E-state index in [-0.39, 0.29) is 22.9 Å². The van der Waals surface area contributed by atoms with Gasteiger partial charge < -0.3 is 10.5 Å². The fraction of sp³-hybridized carbons (Fsp3) is 0.333. The molecule has 2 N–H and O–H groups in total. The van der Waals surface area contributed by atoms with Crippen molar-refractivity contribution in [2.45, 2.75) is 18.2 Å². The first-order chi connectivity index (χ1) is 10.2. The normalized spacial score (nSPS) is 13.0. The number of amides is 1. The Labute approximate surface area is 126 Å². The minimum absolute atomic E-state index is 0.00536. The number of carbonyl (C=O) groups excluding carboxylic acids is 2. The van der Waals surface area contributed by atoms with Gasteiger partial charge in [-0.25, -0.2) is 4.21 Å². The molecule has 0 saturated carbocycles. The first-order valence-corrected chi connectivity index (χ1v) is 8.04. The van der Waals surface area contributed by atoms with Crippen molar-refractivity contribution in [3.8, 4) is 0 Å². The van der Waals surface area contributed by atoms with E-state index in [1.165, 1.54) is 6.07 Å². The summed E-state index contributed by atoms with van der Waals surface area (Å²) in [7, 11) is -3.32. The van der Waals surface area contributed by atoms with Gasteiger partial charge in [0.1, 0.15) is 6.42 Å². The maximum Gasteiger partial charge on any atom is 0.315 e. The third-order valence-electron chi connectivity index (χ3n) is 2.49. The van der Waals surface area contributed by atoms with Gasteiger partial charge in [0.25, 0.3) is 11.6 Å². The SMILES string of the molecule is CCOC(=O)CC(=O)N=S(C)(=O)c1cc([N+](=O)[O-])ccc1N. The van der Waals surface area contributed by atoms with E-state index in [0.29, 0.717) is 0 Å². The van der Waals surface area contributed by atoms with Crippen molar-refractivity contribution in [1.29, 1.82) is 0 Å². The lowest BCUT2D eigenvalue weighted by Crippen LogP contribution is -2.12. The van der Waals surface area contributed by atoms with Gasteiger partial charge in [-0.3, -0.25) is 19.7 Å². The average Bonchev–Trinajstić information content (AvgIpc) is 2.37. The Morgan fingerprint density at radius 1 is 1.45 bits per heavy atom. The van der Waals surface area contributed by atoms with Crippen molar-refractivity contribution in [3.05, 3.63) is 28.3 Å². The number of nitro groups is 1. The second-order valence-electron chi connectivity index (χ2n) is 4.25. The molecule has 120 valence electrons. The molecule has 1 amide bonds.